The zero-order chi connectivity index (χ0) is 23.4. The number of aryl methyl sites for hydroxylation is 1. The van der Waals surface area contributed by atoms with Crippen LogP contribution in [0.3, 0.4) is 0 Å². The number of anilines is 1. The molecular weight excluding hydrogens is 412 g/mol. The van der Waals surface area contributed by atoms with Crippen LogP contribution in [0.2, 0.25) is 0 Å². The van der Waals surface area contributed by atoms with E-state index in [1.54, 1.807) is 47.7 Å². The van der Waals surface area contributed by atoms with Crippen LogP contribution < -0.4 is 26.6 Å². The molecule has 2 aromatic heterocycles. The van der Waals surface area contributed by atoms with Crippen LogP contribution in [0.4, 0.5) is 5.95 Å². The number of nitrogens with zero attached hydrogens (tertiary/aromatic N) is 5. The van der Waals surface area contributed by atoms with Crippen LogP contribution in [0.1, 0.15) is 17.3 Å². The minimum absolute atomic E-state index is 0.201. The summed E-state index contributed by atoms with van der Waals surface area (Å²) in [5.74, 6) is 6.34. The first kappa shape index (κ1) is 22.8. The standard InChI is InChI=1S/C22H26N6O4/c1-5-6-11-27-18-19(24-21(27)25(2)12-10-23)26(3)22(31)28(20(18)30)14-17(29)15-8-7-9-16(13-15)32-4/h7-9,13H,10-12,14,23H2,1-4H3. The van der Waals surface area contributed by atoms with Gasteiger partial charge in [-0.1, -0.05) is 18.1 Å². The summed E-state index contributed by atoms with van der Waals surface area (Å²) >= 11 is 0. The van der Waals surface area contributed by atoms with Gasteiger partial charge in [0.15, 0.2) is 16.9 Å². The van der Waals surface area contributed by atoms with Crippen molar-refractivity contribution < 1.29 is 9.53 Å². The second-order valence-corrected chi connectivity index (χ2v) is 7.20. The molecule has 2 N–H and O–H groups in total. The van der Waals surface area contributed by atoms with Crippen molar-refractivity contribution in [2.75, 3.05) is 32.1 Å². The summed E-state index contributed by atoms with van der Waals surface area (Å²) in [5.41, 5.74) is 5.21. The Bertz CT molecular complexity index is 1340. The molecule has 0 atom stereocenters. The predicted molar refractivity (Wildman–Crippen MR) is 122 cm³/mol. The monoisotopic (exact) mass is 438 g/mol. The fraction of sp³-hybridized carbons (Fsp3) is 0.364. The molecule has 0 bridgehead atoms. The summed E-state index contributed by atoms with van der Waals surface area (Å²) in [6.07, 6.45) is 0. The van der Waals surface area contributed by atoms with Crippen molar-refractivity contribution in [3.63, 3.8) is 0 Å². The van der Waals surface area contributed by atoms with E-state index in [-0.39, 0.29) is 23.5 Å². The van der Waals surface area contributed by atoms with Gasteiger partial charge in [-0.15, -0.1) is 5.92 Å². The van der Waals surface area contributed by atoms with E-state index in [9.17, 15) is 14.4 Å². The Morgan fingerprint density at radius 2 is 2.03 bits per heavy atom. The molecule has 3 rings (SSSR count). The fourth-order valence-corrected chi connectivity index (χ4v) is 3.42. The summed E-state index contributed by atoms with van der Waals surface area (Å²) in [5, 5.41) is 0. The van der Waals surface area contributed by atoms with Crippen LogP contribution in [0.15, 0.2) is 33.9 Å². The number of fused-ring (bicyclic) bond motifs is 1. The Morgan fingerprint density at radius 3 is 2.69 bits per heavy atom. The third-order valence-electron chi connectivity index (χ3n) is 5.13. The zero-order valence-electron chi connectivity index (χ0n) is 18.6. The SMILES string of the molecule is CC#CCn1c(N(C)CCN)nc2c1c(=O)n(CC(=O)c1cccc(OC)c1)c(=O)n2C. The van der Waals surface area contributed by atoms with Gasteiger partial charge in [-0.05, 0) is 19.1 Å². The number of hydrogen-bond donors (Lipinski definition) is 1. The molecule has 0 spiro atoms. The van der Waals surface area contributed by atoms with Crippen LogP contribution >= 0.6 is 0 Å². The molecule has 10 nitrogen and oxygen atoms in total. The number of benzene rings is 1. The van der Waals surface area contributed by atoms with Crippen LogP contribution in [0, 0.1) is 11.8 Å². The molecule has 2 heterocycles. The lowest BCUT2D eigenvalue weighted by Gasteiger charge is -2.17. The van der Waals surface area contributed by atoms with Gasteiger partial charge in [0, 0.05) is 32.7 Å². The number of imidazole rings is 1. The molecule has 0 amide bonds. The largest absolute Gasteiger partial charge is 0.497 e. The smallest absolute Gasteiger partial charge is 0.332 e. The highest BCUT2D eigenvalue weighted by Gasteiger charge is 2.23. The van der Waals surface area contributed by atoms with Crippen molar-refractivity contribution in [2.24, 2.45) is 12.8 Å². The topological polar surface area (TPSA) is 117 Å². The second kappa shape index (κ2) is 9.53. The van der Waals surface area contributed by atoms with Gasteiger partial charge in [-0.3, -0.25) is 23.3 Å². The number of methoxy groups -OCH3 is 1. The molecule has 10 heteroatoms. The van der Waals surface area contributed by atoms with Crippen molar-refractivity contribution in [3.8, 4) is 17.6 Å². The maximum Gasteiger partial charge on any atom is 0.332 e. The van der Waals surface area contributed by atoms with Crippen LogP contribution in [-0.4, -0.2) is 51.7 Å². The van der Waals surface area contributed by atoms with Gasteiger partial charge in [0.1, 0.15) is 5.75 Å². The van der Waals surface area contributed by atoms with Gasteiger partial charge in [0.25, 0.3) is 5.56 Å². The number of rotatable bonds is 8. The fourth-order valence-electron chi connectivity index (χ4n) is 3.42. The molecule has 0 aliphatic carbocycles. The molecule has 0 saturated heterocycles. The molecule has 168 valence electrons. The summed E-state index contributed by atoms with van der Waals surface area (Å²) in [6.45, 7) is 2.38. The maximum absolute atomic E-state index is 13.4. The number of ether oxygens (including phenoxy) is 1. The van der Waals surface area contributed by atoms with Gasteiger partial charge in [0.05, 0.1) is 20.2 Å². The number of carbonyl (C=O) groups excluding carboxylic acids is 1. The highest BCUT2D eigenvalue weighted by atomic mass is 16.5. The van der Waals surface area contributed by atoms with E-state index in [0.717, 1.165) is 4.57 Å². The zero-order valence-corrected chi connectivity index (χ0v) is 18.6. The molecule has 3 aromatic rings. The normalized spacial score (nSPS) is 10.7. The van der Waals surface area contributed by atoms with E-state index in [2.05, 4.69) is 16.8 Å². The Kier molecular flexibility index (Phi) is 6.80. The summed E-state index contributed by atoms with van der Waals surface area (Å²) < 4.78 is 9.00. The number of nitrogens with two attached hydrogens (primary N) is 1. The average Bonchev–Trinajstić information content (AvgIpc) is 3.19. The number of likely N-dealkylation sites (N-methyl/N-ethyl adjacent to an activating group) is 1. The number of hydrogen-bond acceptors (Lipinski definition) is 7. The highest BCUT2D eigenvalue weighted by Crippen LogP contribution is 2.18. The molecule has 0 unspecified atom stereocenters. The quantitative estimate of drug-likeness (QED) is 0.395. The van der Waals surface area contributed by atoms with Crippen molar-refractivity contribution in [1.29, 1.82) is 0 Å². The minimum Gasteiger partial charge on any atom is -0.497 e. The van der Waals surface area contributed by atoms with Gasteiger partial charge < -0.3 is 15.4 Å². The van der Waals surface area contributed by atoms with Gasteiger partial charge >= 0.3 is 5.69 Å². The summed E-state index contributed by atoms with van der Waals surface area (Å²) in [6, 6.07) is 6.56. The molecule has 0 saturated carbocycles. The van der Waals surface area contributed by atoms with Crippen molar-refractivity contribution in [2.45, 2.75) is 20.0 Å². The van der Waals surface area contributed by atoms with Crippen molar-refractivity contribution in [3.05, 3.63) is 50.7 Å². The summed E-state index contributed by atoms with van der Waals surface area (Å²) in [4.78, 5) is 45.5. The third kappa shape index (κ3) is 4.15. The van der Waals surface area contributed by atoms with Gasteiger partial charge in [-0.25, -0.2) is 4.79 Å². The Hall–Kier alpha value is -3.84. The summed E-state index contributed by atoms with van der Waals surface area (Å²) in [7, 11) is 4.82. The van der Waals surface area contributed by atoms with E-state index in [4.69, 9.17) is 10.5 Å². The van der Waals surface area contributed by atoms with Gasteiger partial charge in [0.2, 0.25) is 5.95 Å². The van der Waals surface area contributed by atoms with Crippen molar-refractivity contribution in [1.82, 2.24) is 18.7 Å². The molecular formula is C22H26N6O4. The maximum atomic E-state index is 13.4. The van der Waals surface area contributed by atoms with E-state index < -0.39 is 17.8 Å². The highest BCUT2D eigenvalue weighted by molar-refractivity contribution is 5.96. The average molecular weight is 438 g/mol. The Labute approximate surface area is 184 Å². The van der Waals surface area contributed by atoms with Crippen LogP contribution in [0.25, 0.3) is 11.2 Å². The van der Waals surface area contributed by atoms with Crippen molar-refractivity contribution >= 4 is 22.9 Å². The minimum atomic E-state index is -0.627. The molecule has 0 aliphatic heterocycles. The van der Waals surface area contributed by atoms with E-state index in [1.165, 1.54) is 18.7 Å². The Morgan fingerprint density at radius 1 is 1.28 bits per heavy atom. The second-order valence-electron chi connectivity index (χ2n) is 7.20. The lowest BCUT2D eigenvalue weighted by Crippen LogP contribution is -2.41. The molecule has 0 fully saturated rings. The Balaban J connectivity index is 2.19. The van der Waals surface area contributed by atoms with E-state index >= 15 is 0 Å². The van der Waals surface area contributed by atoms with Gasteiger partial charge in [-0.2, -0.15) is 4.98 Å². The number of aromatic nitrogens is 4. The number of ketones is 1. The first-order valence-electron chi connectivity index (χ1n) is 10.0. The molecule has 1 aromatic carbocycles. The predicted octanol–water partition coefficient (Wildman–Crippen LogP) is 0.206. The third-order valence-corrected chi connectivity index (χ3v) is 5.13. The first-order valence-corrected chi connectivity index (χ1v) is 10.0. The van der Waals surface area contributed by atoms with E-state index in [0.29, 0.717) is 30.4 Å². The lowest BCUT2D eigenvalue weighted by atomic mass is 10.1. The number of carbonyl (C=O) groups is 1. The van der Waals surface area contributed by atoms with Crippen LogP contribution in [0.5, 0.6) is 5.75 Å². The lowest BCUT2D eigenvalue weighted by molar-refractivity contribution is 0.0968. The number of Topliss-reactive ketones (excluding diaryl/α,β-unsaturated/α-hetero) is 1. The molecule has 0 aliphatic rings. The molecule has 32 heavy (non-hydrogen) atoms. The van der Waals surface area contributed by atoms with E-state index in [1.807, 2.05) is 0 Å². The first-order chi connectivity index (χ1) is 15.3. The van der Waals surface area contributed by atoms with Crippen LogP contribution in [-0.2, 0) is 20.1 Å². The molecule has 0 radical (unpaired) electrons.